The molecule has 5 heteroatoms. The quantitative estimate of drug-likeness (QED) is 0.855. The summed E-state index contributed by atoms with van der Waals surface area (Å²) in [6.45, 7) is 0.726. The van der Waals surface area contributed by atoms with Crippen molar-refractivity contribution >= 4 is 34.5 Å². The number of nitrogens with zero attached hydrogens (tertiary/aromatic N) is 1. The highest BCUT2D eigenvalue weighted by Crippen LogP contribution is 2.37. The molecule has 1 aliphatic carbocycles. The fraction of sp³-hybridized carbons (Fsp3) is 0.267. The Morgan fingerprint density at radius 1 is 1.40 bits per heavy atom. The minimum Gasteiger partial charge on any atom is -0.467 e. The van der Waals surface area contributed by atoms with Crippen molar-refractivity contribution in [2.24, 2.45) is 5.73 Å². The summed E-state index contributed by atoms with van der Waals surface area (Å²) < 4.78 is 5.44. The first-order chi connectivity index (χ1) is 9.65. The topological polar surface area (TPSA) is 42.4 Å². The van der Waals surface area contributed by atoms with Gasteiger partial charge in [0, 0.05) is 11.6 Å². The van der Waals surface area contributed by atoms with E-state index in [0.717, 1.165) is 23.6 Å². The highest BCUT2D eigenvalue weighted by atomic mass is 35.5. The van der Waals surface area contributed by atoms with E-state index in [1.807, 2.05) is 30.3 Å². The van der Waals surface area contributed by atoms with Crippen molar-refractivity contribution in [1.82, 2.24) is 0 Å². The highest BCUT2D eigenvalue weighted by molar-refractivity contribution is 7.80. The Morgan fingerprint density at radius 2 is 2.20 bits per heavy atom. The molecule has 0 amide bonds. The predicted octanol–water partition coefficient (Wildman–Crippen LogP) is 3.74. The maximum atomic E-state index is 6.39. The molecule has 1 saturated carbocycles. The minimum absolute atomic E-state index is 0.363. The second kappa shape index (κ2) is 5.46. The zero-order chi connectivity index (χ0) is 14.1. The molecule has 0 saturated heterocycles. The smallest absolute Gasteiger partial charge is 0.123 e. The fourth-order valence-electron chi connectivity index (χ4n) is 2.26. The number of nitrogens with two attached hydrogens (primary N) is 1. The molecular weight excluding hydrogens is 292 g/mol. The van der Waals surface area contributed by atoms with Crippen LogP contribution >= 0.6 is 23.8 Å². The number of hydrogen-bond acceptors (Lipinski definition) is 3. The lowest BCUT2D eigenvalue weighted by Gasteiger charge is -2.25. The zero-order valence-corrected chi connectivity index (χ0v) is 12.5. The average Bonchev–Trinajstić information content (AvgIpc) is 3.14. The van der Waals surface area contributed by atoms with Crippen LogP contribution < -0.4 is 10.6 Å². The van der Waals surface area contributed by atoms with Gasteiger partial charge in [-0.3, -0.25) is 0 Å². The summed E-state index contributed by atoms with van der Waals surface area (Å²) in [6.07, 6.45) is 4.07. The largest absolute Gasteiger partial charge is 0.467 e. The van der Waals surface area contributed by atoms with Crippen LogP contribution in [0.15, 0.2) is 41.0 Å². The van der Waals surface area contributed by atoms with Gasteiger partial charge in [-0.25, -0.2) is 0 Å². The number of halogens is 1. The monoisotopic (exact) mass is 306 g/mol. The molecular formula is C15H15ClN2OS. The number of furan rings is 1. The lowest BCUT2D eigenvalue weighted by molar-refractivity contribution is 0.501. The van der Waals surface area contributed by atoms with Crippen LogP contribution in [0.4, 0.5) is 5.69 Å². The summed E-state index contributed by atoms with van der Waals surface area (Å²) in [5.74, 6) is 0.936. The number of thiocarbonyl (C=S) groups is 1. The summed E-state index contributed by atoms with van der Waals surface area (Å²) in [4.78, 5) is 2.65. The molecule has 104 valence electrons. The van der Waals surface area contributed by atoms with Gasteiger partial charge in [-0.15, -0.1) is 0 Å². The Kier molecular flexibility index (Phi) is 3.68. The molecule has 2 aromatic rings. The van der Waals surface area contributed by atoms with Gasteiger partial charge < -0.3 is 15.1 Å². The molecule has 3 nitrogen and oxygen atoms in total. The highest BCUT2D eigenvalue weighted by Gasteiger charge is 2.31. The van der Waals surface area contributed by atoms with Gasteiger partial charge in [0.2, 0.25) is 0 Å². The predicted molar refractivity (Wildman–Crippen MR) is 85.3 cm³/mol. The van der Waals surface area contributed by atoms with E-state index in [1.54, 1.807) is 6.26 Å². The van der Waals surface area contributed by atoms with Crippen molar-refractivity contribution < 1.29 is 4.42 Å². The second-order valence-electron chi connectivity index (χ2n) is 4.97. The van der Waals surface area contributed by atoms with Crippen LogP contribution in [0.1, 0.15) is 24.2 Å². The third-order valence-electron chi connectivity index (χ3n) is 3.44. The van der Waals surface area contributed by atoms with Gasteiger partial charge in [0.1, 0.15) is 10.7 Å². The molecule has 1 aromatic carbocycles. The first-order valence-electron chi connectivity index (χ1n) is 6.53. The van der Waals surface area contributed by atoms with Crippen LogP contribution in [-0.2, 0) is 6.54 Å². The summed E-state index contributed by atoms with van der Waals surface area (Å²) in [5.41, 5.74) is 7.43. The molecule has 0 spiro atoms. The summed E-state index contributed by atoms with van der Waals surface area (Å²) in [5, 5.41) is 0.675. The molecule has 1 fully saturated rings. The molecule has 1 heterocycles. The van der Waals surface area contributed by atoms with E-state index in [0.29, 0.717) is 16.1 Å². The van der Waals surface area contributed by atoms with Crippen molar-refractivity contribution in [2.75, 3.05) is 4.90 Å². The van der Waals surface area contributed by atoms with Gasteiger partial charge in [0.05, 0.1) is 23.5 Å². The number of rotatable bonds is 5. The Labute approximate surface area is 128 Å². The molecule has 3 rings (SSSR count). The molecule has 2 N–H and O–H groups in total. The van der Waals surface area contributed by atoms with E-state index < -0.39 is 0 Å². The van der Waals surface area contributed by atoms with Crippen LogP contribution in [-0.4, -0.2) is 11.0 Å². The van der Waals surface area contributed by atoms with Gasteiger partial charge in [-0.05, 0) is 43.2 Å². The van der Waals surface area contributed by atoms with E-state index in [4.69, 9.17) is 34.0 Å². The third-order valence-corrected chi connectivity index (χ3v) is 3.97. The molecule has 0 aliphatic heterocycles. The standard InChI is InChI=1S/C15H15ClN2OS/c16-13-8-10(15(17)20)3-6-14(13)18(11-4-5-11)9-12-2-1-7-19-12/h1-3,6-8,11H,4-5,9H2,(H2,17,20). The maximum Gasteiger partial charge on any atom is 0.123 e. The first-order valence-corrected chi connectivity index (χ1v) is 7.32. The lowest BCUT2D eigenvalue weighted by atomic mass is 10.2. The number of anilines is 1. The van der Waals surface area contributed by atoms with Crippen molar-refractivity contribution in [1.29, 1.82) is 0 Å². The van der Waals surface area contributed by atoms with E-state index in [2.05, 4.69) is 4.90 Å². The minimum atomic E-state index is 0.363. The van der Waals surface area contributed by atoms with Crippen LogP contribution in [0.3, 0.4) is 0 Å². The zero-order valence-electron chi connectivity index (χ0n) is 10.9. The molecule has 0 radical (unpaired) electrons. The summed E-state index contributed by atoms with van der Waals surface area (Å²) in [7, 11) is 0. The van der Waals surface area contributed by atoms with Crippen LogP contribution in [0.5, 0.6) is 0 Å². The average molecular weight is 307 g/mol. The van der Waals surface area contributed by atoms with Gasteiger partial charge in [-0.1, -0.05) is 23.8 Å². The molecule has 0 bridgehead atoms. The molecule has 1 aliphatic rings. The Morgan fingerprint density at radius 3 is 2.75 bits per heavy atom. The Bertz CT molecular complexity index is 623. The SMILES string of the molecule is NC(=S)c1ccc(N(Cc2ccco2)C2CC2)c(Cl)c1. The van der Waals surface area contributed by atoms with Gasteiger partial charge in [-0.2, -0.15) is 0 Å². The second-order valence-corrected chi connectivity index (χ2v) is 5.82. The number of benzene rings is 1. The van der Waals surface area contributed by atoms with E-state index >= 15 is 0 Å². The lowest BCUT2D eigenvalue weighted by Crippen LogP contribution is -2.25. The summed E-state index contributed by atoms with van der Waals surface area (Å²) >= 11 is 11.4. The Balaban J connectivity index is 1.89. The van der Waals surface area contributed by atoms with Crippen molar-refractivity contribution in [3.8, 4) is 0 Å². The van der Waals surface area contributed by atoms with E-state index in [9.17, 15) is 0 Å². The van der Waals surface area contributed by atoms with Crippen molar-refractivity contribution in [3.05, 3.63) is 52.9 Å². The molecule has 20 heavy (non-hydrogen) atoms. The number of hydrogen-bond donors (Lipinski definition) is 1. The molecule has 0 atom stereocenters. The normalized spacial score (nSPS) is 14.2. The third kappa shape index (κ3) is 2.81. The molecule has 1 aromatic heterocycles. The van der Waals surface area contributed by atoms with Gasteiger partial charge in [0.15, 0.2) is 0 Å². The summed E-state index contributed by atoms with van der Waals surface area (Å²) in [6, 6.07) is 10.1. The van der Waals surface area contributed by atoms with Crippen LogP contribution in [0, 0.1) is 0 Å². The van der Waals surface area contributed by atoms with Gasteiger partial charge in [0.25, 0.3) is 0 Å². The van der Waals surface area contributed by atoms with Crippen LogP contribution in [0.25, 0.3) is 0 Å². The first kappa shape index (κ1) is 13.5. The van der Waals surface area contributed by atoms with Crippen LogP contribution in [0.2, 0.25) is 5.02 Å². The van der Waals surface area contributed by atoms with Crippen molar-refractivity contribution in [3.63, 3.8) is 0 Å². The van der Waals surface area contributed by atoms with E-state index in [1.165, 1.54) is 12.8 Å². The maximum absolute atomic E-state index is 6.39. The fourth-order valence-corrected chi connectivity index (χ4v) is 2.68. The Hall–Kier alpha value is -1.52. The van der Waals surface area contributed by atoms with Crippen molar-refractivity contribution in [2.45, 2.75) is 25.4 Å². The molecule has 0 unspecified atom stereocenters. The van der Waals surface area contributed by atoms with E-state index in [-0.39, 0.29) is 0 Å². The van der Waals surface area contributed by atoms with Gasteiger partial charge >= 0.3 is 0 Å².